The van der Waals surface area contributed by atoms with E-state index < -0.39 is 0 Å². The Labute approximate surface area is 150 Å². The van der Waals surface area contributed by atoms with Crippen molar-refractivity contribution in [3.05, 3.63) is 24.0 Å². The molecule has 2 atom stereocenters. The Kier molecular flexibility index (Phi) is 7.58. The van der Waals surface area contributed by atoms with E-state index in [4.69, 9.17) is 10.7 Å². The number of anilines is 1. The first-order chi connectivity index (χ1) is 10.2. The normalized spacial score (nSPS) is 20.3. The second-order valence-corrected chi connectivity index (χ2v) is 6.10. The number of halogens is 2. The van der Waals surface area contributed by atoms with Crippen molar-refractivity contribution < 1.29 is 0 Å². The molecule has 23 heavy (non-hydrogen) atoms. The van der Waals surface area contributed by atoms with Crippen molar-refractivity contribution in [1.29, 1.82) is 0 Å². The summed E-state index contributed by atoms with van der Waals surface area (Å²) in [6.45, 7) is 4.44. The van der Waals surface area contributed by atoms with Crippen LogP contribution in [0.15, 0.2) is 18.3 Å². The molecule has 5 nitrogen and oxygen atoms in total. The van der Waals surface area contributed by atoms with E-state index in [0.29, 0.717) is 18.0 Å². The summed E-state index contributed by atoms with van der Waals surface area (Å²) in [5.41, 5.74) is 8.10. The highest BCUT2D eigenvalue weighted by atomic mass is 35.5. The number of nitrogens with one attached hydrogen (secondary N) is 1. The van der Waals surface area contributed by atoms with Crippen LogP contribution in [-0.2, 0) is 0 Å². The molecule has 130 valence electrons. The Hall–Kier alpha value is -1.04. The van der Waals surface area contributed by atoms with Gasteiger partial charge in [0.2, 0.25) is 0 Å². The predicted molar refractivity (Wildman–Crippen MR) is 100 cm³/mol. The van der Waals surface area contributed by atoms with Crippen LogP contribution in [0.25, 0.3) is 5.65 Å². The van der Waals surface area contributed by atoms with Crippen LogP contribution in [0.2, 0.25) is 0 Å². The fourth-order valence-electron chi connectivity index (χ4n) is 3.31. The number of hydrogen-bond donors (Lipinski definition) is 2. The Balaban J connectivity index is 0.00000132. The molecule has 0 amide bonds. The van der Waals surface area contributed by atoms with Gasteiger partial charge in [0.15, 0.2) is 5.65 Å². The third-order valence-electron chi connectivity index (χ3n) is 4.61. The molecule has 3 N–H and O–H groups in total. The molecular weight excluding hydrogens is 333 g/mol. The fourth-order valence-corrected chi connectivity index (χ4v) is 3.31. The van der Waals surface area contributed by atoms with E-state index >= 15 is 0 Å². The van der Waals surface area contributed by atoms with Crippen LogP contribution < -0.4 is 11.1 Å². The van der Waals surface area contributed by atoms with Gasteiger partial charge in [0.25, 0.3) is 0 Å². The Bertz CT molecular complexity index is 612. The van der Waals surface area contributed by atoms with E-state index in [1.54, 1.807) is 0 Å². The van der Waals surface area contributed by atoms with Gasteiger partial charge in [0, 0.05) is 35.8 Å². The van der Waals surface area contributed by atoms with E-state index in [2.05, 4.69) is 30.3 Å². The van der Waals surface area contributed by atoms with E-state index in [0.717, 1.165) is 49.3 Å². The van der Waals surface area contributed by atoms with Gasteiger partial charge in [0.1, 0.15) is 5.82 Å². The van der Waals surface area contributed by atoms with Crippen molar-refractivity contribution in [2.24, 2.45) is 5.73 Å². The Morgan fingerprint density at radius 2 is 2.04 bits per heavy atom. The summed E-state index contributed by atoms with van der Waals surface area (Å²) in [5.74, 6) is 1.56. The van der Waals surface area contributed by atoms with Crippen LogP contribution in [0.1, 0.15) is 57.6 Å². The van der Waals surface area contributed by atoms with Gasteiger partial charge >= 0.3 is 0 Å². The van der Waals surface area contributed by atoms with E-state index in [9.17, 15) is 0 Å². The quantitative estimate of drug-likeness (QED) is 0.852. The number of nitrogens with two attached hydrogens (primary N) is 1. The SMILES string of the molecule is CCC(CC)c1cc(N[C@H]2CC[C@H](N)C2)n2nccc2n1.Cl.Cl. The molecule has 2 aromatic rings. The van der Waals surface area contributed by atoms with Gasteiger partial charge in [-0.1, -0.05) is 13.8 Å². The highest BCUT2D eigenvalue weighted by Crippen LogP contribution is 2.27. The molecule has 0 saturated heterocycles. The third kappa shape index (κ3) is 4.28. The molecule has 1 aliphatic rings. The number of fused-ring (bicyclic) bond motifs is 1. The molecule has 2 heterocycles. The molecular formula is C16H27Cl2N5. The van der Waals surface area contributed by atoms with Gasteiger partial charge in [0.05, 0.1) is 6.20 Å². The molecule has 0 unspecified atom stereocenters. The lowest BCUT2D eigenvalue weighted by Crippen LogP contribution is -2.22. The predicted octanol–water partition coefficient (Wildman–Crippen LogP) is 3.77. The maximum atomic E-state index is 6.02. The zero-order valence-corrected chi connectivity index (χ0v) is 15.4. The van der Waals surface area contributed by atoms with Crippen molar-refractivity contribution in [3.63, 3.8) is 0 Å². The summed E-state index contributed by atoms with van der Waals surface area (Å²) in [4.78, 5) is 4.76. The average molecular weight is 360 g/mol. The number of nitrogens with zero attached hydrogens (tertiary/aromatic N) is 3. The van der Waals surface area contributed by atoms with Crippen LogP contribution in [0.5, 0.6) is 0 Å². The lowest BCUT2D eigenvalue weighted by Gasteiger charge is -2.18. The van der Waals surface area contributed by atoms with Crippen LogP contribution in [0.4, 0.5) is 5.82 Å². The molecule has 2 aromatic heterocycles. The zero-order valence-electron chi connectivity index (χ0n) is 13.7. The summed E-state index contributed by atoms with van der Waals surface area (Å²) in [5, 5.41) is 8.02. The largest absolute Gasteiger partial charge is 0.367 e. The minimum Gasteiger partial charge on any atom is -0.367 e. The van der Waals surface area contributed by atoms with Crippen molar-refractivity contribution in [3.8, 4) is 0 Å². The van der Waals surface area contributed by atoms with Crippen molar-refractivity contribution >= 4 is 36.3 Å². The fraction of sp³-hybridized carbons (Fsp3) is 0.625. The van der Waals surface area contributed by atoms with Crippen molar-refractivity contribution in [2.45, 2.75) is 64.0 Å². The molecule has 0 aromatic carbocycles. The summed E-state index contributed by atoms with van der Waals surface area (Å²) < 4.78 is 1.90. The van der Waals surface area contributed by atoms with Crippen molar-refractivity contribution in [2.75, 3.05) is 5.32 Å². The Morgan fingerprint density at radius 3 is 2.65 bits per heavy atom. The number of hydrogen-bond acceptors (Lipinski definition) is 4. The van der Waals surface area contributed by atoms with Gasteiger partial charge < -0.3 is 11.1 Å². The molecule has 0 aliphatic heterocycles. The molecule has 3 rings (SSSR count). The van der Waals surface area contributed by atoms with Gasteiger partial charge in [-0.2, -0.15) is 9.61 Å². The monoisotopic (exact) mass is 359 g/mol. The van der Waals surface area contributed by atoms with Gasteiger partial charge in [-0.15, -0.1) is 24.8 Å². The molecule has 0 radical (unpaired) electrons. The second kappa shape index (κ2) is 8.71. The topological polar surface area (TPSA) is 68.2 Å². The van der Waals surface area contributed by atoms with Gasteiger partial charge in [-0.05, 0) is 32.1 Å². The first-order valence-corrected chi connectivity index (χ1v) is 8.08. The zero-order chi connectivity index (χ0) is 14.8. The Morgan fingerprint density at radius 1 is 1.30 bits per heavy atom. The van der Waals surface area contributed by atoms with Crippen LogP contribution in [0, 0.1) is 0 Å². The van der Waals surface area contributed by atoms with Crippen LogP contribution >= 0.6 is 24.8 Å². The van der Waals surface area contributed by atoms with Gasteiger partial charge in [-0.3, -0.25) is 0 Å². The molecule has 1 saturated carbocycles. The average Bonchev–Trinajstić information content (AvgIpc) is 3.09. The summed E-state index contributed by atoms with van der Waals surface area (Å²) in [7, 11) is 0. The molecule has 1 fully saturated rings. The van der Waals surface area contributed by atoms with Crippen LogP contribution in [-0.4, -0.2) is 26.7 Å². The number of aromatic nitrogens is 3. The lowest BCUT2D eigenvalue weighted by molar-refractivity contribution is 0.621. The molecule has 0 bridgehead atoms. The van der Waals surface area contributed by atoms with Crippen LogP contribution in [0.3, 0.4) is 0 Å². The lowest BCUT2D eigenvalue weighted by atomic mass is 9.99. The highest BCUT2D eigenvalue weighted by molar-refractivity contribution is 5.85. The summed E-state index contributed by atoms with van der Waals surface area (Å²) >= 11 is 0. The number of rotatable bonds is 5. The standard InChI is InChI=1S/C16H25N5.2ClH/c1-3-11(4-2)14-10-16(19-13-6-5-12(17)9-13)21-15(20-14)7-8-18-21;;/h7-8,10-13,19H,3-6,9,17H2,1-2H3;2*1H/t12-,13-;;/m0../s1. The summed E-state index contributed by atoms with van der Waals surface area (Å²) in [6.07, 6.45) is 7.30. The van der Waals surface area contributed by atoms with E-state index in [1.807, 2.05) is 16.8 Å². The third-order valence-corrected chi connectivity index (χ3v) is 4.61. The highest BCUT2D eigenvalue weighted by Gasteiger charge is 2.23. The molecule has 1 aliphatic carbocycles. The summed E-state index contributed by atoms with van der Waals surface area (Å²) in [6, 6.07) is 4.92. The maximum absolute atomic E-state index is 6.02. The first kappa shape index (κ1) is 20.0. The van der Waals surface area contributed by atoms with E-state index in [-0.39, 0.29) is 24.8 Å². The van der Waals surface area contributed by atoms with Crippen molar-refractivity contribution in [1.82, 2.24) is 14.6 Å². The minimum absolute atomic E-state index is 0. The smallest absolute Gasteiger partial charge is 0.157 e. The van der Waals surface area contributed by atoms with E-state index in [1.165, 1.54) is 0 Å². The molecule has 0 spiro atoms. The molecule has 7 heteroatoms. The van der Waals surface area contributed by atoms with Gasteiger partial charge in [-0.25, -0.2) is 4.98 Å². The minimum atomic E-state index is 0. The first-order valence-electron chi connectivity index (χ1n) is 8.08. The second-order valence-electron chi connectivity index (χ2n) is 6.10. The maximum Gasteiger partial charge on any atom is 0.157 e.